The number of alkyl carbamates (subject to hydrolysis) is 2. The summed E-state index contributed by atoms with van der Waals surface area (Å²) < 4.78 is 10.9. The maximum Gasteiger partial charge on any atom is 0.408 e. The van der Waals surface area contributed by atoms with E-state index in [9.17, 15) is 14.4 Å². The van der Waals surface area contributed by atoms with Crippen molar-refractivity contribution in [3.63, 3.8) is 0 Å². The van der Waals surface area contributed by atoms with Gasteiger partial charge in [-0.25, -0.2) is 9.59 Å². The molecule has 2 aliphatic carbocycles. The molecule has 0 aliphatic heterocycles. The second-order valence-corrected chi connectivity index (χ2v) is 12.4. The second-order valence-electron chi connectivity index (χ2n) is 12.4. The Balaban J connectivity index is 1.53. The SMILES string of the molecule is CC(C)(C)OC(=O)N[C@@H]1CCCc2c(NC(=O)c3cccc4c3CCC[C@H]4NC(=O)OC(C)(C)C)cccc21. The molecule has 0 saturated carbocycles. The van der Waals surface area contributed by atoms with Gasteiger partial charge in [-0.15, -0.1) is 0 Å². The molecule has 39 heavy (non-hydrogen) atoms. The number of hydrogen-bond acceptors (Lipinski definition) is 5. The molecule has 0 aromatic heterocycles. The Labute approximate surface area is 231 Å². The zero-order chi connectivity index (χ0) is 28.4. The first kappa shape index (κ1) is 28.5. The smallest absolute Gasteiger partial charge is 0.408 e. The van der Waals surface area contributed by atoms with Crippen molar-refractivity contribution in [2.45, 2.75) is 103 Å². The Hall–Kier alpha value is -3.55. The van der Waals surface area contributed by atoms with Gasteiger partial charge in [-0.3, -0.25) is 4.79 Å². The maximum absolute atomic E-state index is 13.6. The van der Waals surface area contributed by atoms with Crippen LogP contribution >= 0.6 is 0 Å². The second kappa shape index (κ2) is 11.3. The van der Waals surface area contributed by atoms with Crippen LogP contribution < -0.4 is 16.0 Å². The zero-order valence-electron chi connectivity index (χ0n) is 23.9. The minimum Gasteiger partial charge on any atom is -0.444 e. The minimum absolute atomic E-state index is 0.176. The van der Waals surface area contributed by atoms with Crippen LogP contribution in [0.2, 0.25) is 0 Å². The first-order valence-electron chi connectivity index (χ1n) is 13.8. The third-order valence-corrected chi connectivity index (χ3v) is 6.89. The van der Waals surface area contributed by atoms with Crippen LogP contribution in [0.3, 0.4) is 0 Å². The Morgan fingerprint density at radius 1 is 0.718 bits per heavy atom. The number of carbonyl (C=O) groups is 3. The largest absolute Gasteiger partial charge is 0.444 e. The van der Waals surface area contributed by atoms with Gasteiger partial charge in [0.2, 0.25) is 0 Å². The van der Waals surface area contributed by atoms with Crippen molar-refractivity contribution in [1.82, 2.24) is 10.6 Å². The highest BCUT2D eigenvalue weighted by Gasteiger charge is 2.29. The highest BCUT2D eigenvalue weighted by atomic mass is 16.6. The topological polar surface area (TPSA) is 106 Å². The van der Waals surface area contributed by atoms with Gasteiger partial charge >= 0.3 is 12.2 Å². The summed E-state index contributed by atoms with van der Waals surface area (Å²) in [6.07, 6.45) is 4.02. The van der Waals surface area contributed by atoms with E-state index < -0.39 is 23.4 Å². The van der Waals surface area contributed by atoms with Crippen molar-refractivity contribution < 1.29 is 23.9 Å². The summed E-state index contributed by atoms with van der Waals surface area (Å²) in [5.74, 6) is -0.180. The molecule has 8 heteroatoms. The molecule has 4 rings (SSSR count). The van der Waals surface area contributed by atoms with E-state index in [0.717, 1.165) is 66.5 Å². The monoisotopic (exact) mass is 535 g/mol. The fourth-order valence-electron chi connectivity index (χ4n) is 5.42. The predicted octanol–water partition coefficient (Wildman–Crippen LogP) is 6.74. The van der Waals surface area contributed by atoms with Crippen LogP contribution in [0.25, 0.3) is 0 Å². The van der Waals surface area contributed by atoms with E-state index >= 15 is 0 Å². The summed E-state index contributed by atoms with van der Waals surface area (Å²) in [7, 11) is 0. The van der Waals surface area contributed by atoms with Crippen molar-refractivity contribution in [2.24, 2.45) is 0 Å². The molecular weight excluding hydrogens is 494 g/mol. The number of carbonyl (C=O) groups excluding carboxylic acids is 3. The summed E-state index contributed by atoms with van der Waals surface area (Å²) in [6.45, 7) is 11.0. The van der Waals surface area contributed by atoms with Crippen LogP contribution in [-0.2, 0) is 22.3 Å². The lowest BCUT2D eigenvalue weighted by Gasteiger charge is -2.30. The molecule has 0 bridgehead atoms. The molecule has 2 aromatic carbocycles. The van der Waals surface area contributed by atoms with Crippen molar-refractivity contribution in [1.29, 1.82) is 0 Å². The first-order valence-corrected chi connectivity index (χ1v) is 13.8. The lowest BCUT2D eigenvalue weighted by molar-refractivity contribution is 0.0487. The van der Waals surface area contributed by atoms with Gasteiger partial charge in [0.1, 0.15) is 11.2 Å². The summed E-state index contributed by atoms with van der Waals surface area (Å²) in [4.78, 5) is 38.5. The molecule has 210 valence electrons. The van der Waals surface area contributed by atoms with Gasteiger partial charge in [-0.2, -0.15) is 0 Å². The van der Waals surface area contributed by atoms with E-state index in [2.05, 4.69) is 16.0 Å². The fraction of sp³-hybridized carbons (Fsp3) is 0.516. The highest BCUT2D eigenvalue weighted by molar-refractivity contribution is 6.06. The molecule has 2 atom stereocenters. The van der Waals surface area contributed by atoms with E-state index in [-0.39, 0.29) is 18.0 Å². The number of benzene rings is 2. The highest BCUT2D eigenvalue weighted by Crippen LogP contribution is 2.36. The van der Waals surface area contributed by atoms with Crippen LogP contribution in [0.5, 0.6) is 0 Å². The van der Waals surface area contributed by atoms with E-state index in [4.69, 9.17) is 9.47 Å². The van der Waals surface area contributed by atoms with Gasteiger partial charge in [-0.05, 0) is 114 Å². The summed E-state index contributed by atoms with van der Waals surface area (Å²) in [5.41, 5.74) is 4.15. The standard InChI is InChI=1S/C31H41N3O5/c1-30(2,3)38-28(36)33-25-17-8-11-19-20(25)12-7-15-23(19)27(35)32-24-16-9-14-22-21(24)13-10-18-26(22)34-29(37)39-31(4,5)6/h7,9,12,14-16,25-26H,8,10-11,13,17-18H2,1-6H3,(H,32,35)(H,33,36)(H,34,37)/t25-,26-/m1/s1. The molecule has 3 amide bonds. The molecular formula is C31H41N3O5. The quantitative estimate of drug-likeness (QED) is 0.402. The van der Waals surface area contributed by atoms with Crippen molar-refractivity contribution in [2.75, 3.05) is 5.32 Å². The van der Waals surface area contributed by atoms with E-state index in [1.165, 1.54) is 0 Å². The van der Waals surface area contributed by atoms with Crippen molar-refractivity contribution in [3.8, 4) is 0 Å². The maximum atomic E-state index is 13.6. The molecule has 2 aromatic rings. The van der Waals surface area contributed by atoms with Gasteiger partial charge in [0.05, 0.1) is 12.1 Å². The number of nitrogens with one attached hydrogen (secondary N) is 3. The molecule has 0 spiro atoms. The van der Waals surface area contributed by atoms with Crippen LogP contribution in [0, 0.1) is 0 Å². The van der Waals surface area contributed by atoms with E-state index in [1.54, 1.807) is 0 Å². The molecule has 0 unspecified atom stereocenters. The molecule has 0 heterocycles. The van der Waals surface area contributed by atoms with Gasteiger partial charge in [0.25, 0.3) is 5.91 Å². The molecule has 0 fully saturated rings. The summed E-state index contributed by atoms with van der Waals surface area (Å²) >= 11 is 0. The van der Waals surface area contributed by atoms with E-state index in [1.807, 2.05) is 77.9 Å². The molecule has 3 N–H and O–H groups in total. The Kier molecular flexibility index (Phi) is 8.23. The zero-order valence-corrected chi connectivity index (χ0v) is 23.9. The van der Waals surface area contributed by atoms with Crippen LogP contribution in [0.15, 0.2) is 36.4 Å². The van der Waals surface area contributed by atoms with Crippen LogP contribution in [0.4, 0.5) is 15.3 Å². The number of ether oxygens (including phenoxy) is 2. The average molecular weight is 536 g/mol. The lowest BCUT2D eigenvalue weighted by Crippen LogP contribution is -2.36. The summed E-state index contributed by atoms with van der Waals surface area (Å²) in [6, 6.07) is 11.1. The van der Waals surface area contributed by atoms with Crippen molar-refractivity contribution >= 4 is 23.8 Å². The number of anilines is 1. The molecule has 0 radical (unpaired) electrons. The van der Waals surface area contributed by atoms with Crippen LogP contribution in [0.1, 0.15) is 112 Å². The number of rotatable bonds is 4. The Bertz CT molecular complexity index is 1240. The van der Waals surface area contributed by atoms with Crippen LogP contribution in [-0.4, -0.2) is 29.3 Å². The normalized spacial score (nSPS) is 18.7. The van der Waals surface area contributed by atoms with Gasteiger partial charge < -0.3 is 25.4 Å². The third-order valence-electron chi connectivity index (χ3n) is 6.89. The Morgan fingerprint density at radius 2 is 1.21 bits per heavy atom. The van der Waals surface area contributed by atoms with Crippen molar-refractivity contribution in [3.05, 3.63) is 64.2 Å². The average Bonchev–Trinajstić information content (AvgIpc) is 2.82. The third kappa shape index (κ3) is 7.31. The lowest BCUT2D eigenvalue weighted by atomic mass is 9.84. The van der Waals surface area contributed by atoms with Gasteiger partial charge in [-0.1, -0.05) is 24.3 Å². The predicted molar refractivity (Wildman–Crippen MR) is 151 cm³/mol. The fourth-order valence-corrected chi connectivity index (χ4v) is 5.42. The molecule has 2 aliphatic rings. The van der Waals surface area contributed by atoms with Gasteiger partial charge in [0, 0.05) is 11.3 Å². The van der Waals surface area contributed by atoms with E-state index in [0.29, 0.717) is 5.56 Å². The molecule has 8 nitrogen and oxygen atoms in total. The first-order chi connectivity index (χ1) is 18.3. The van der Waals surface area contributed by atoms with Gasteiger partial charge in [0.15, 0.2) is 0 Å². The minimum atomic E-state index is -0.584. The summed E-state index contributed by atoms with van der Waals surface area (Å²) in [5, 5.41) is 9.13. The number of amides is 3. The number of fused-ring (bicyclic) bond motifs is 2. The number of hydrogen-bond donors (Lipinski definition) is 3. The molecule has 0 saturated heterocycles. The Morgan fingerprint density at radius 3 is 1.74 bits per heavy atom.